The van der Waals surface area contributed by atoms with E-state index in [0.29, 0.717) is 18.4 Å². The molecule has 314 valence electrons. The lowest BCUT2D eigenvalue weighted by atomic mass is 9.44. The first-order valence-electron chi connectivity index (χ1n) is 20.5. The van der Waals surface area contributed by atoms with Crippen LogP contribution in [0.5, 0.6) is 0 Å². The van der Waals surface area contributed by atoms with Gasteiger partial charge in [-0.05, 0) is 43.4 Å². The van der Waals surface area contributed by atoms with Gasteiger partial charge in [-0.25, -0.2) is 4.79 Å². The molecule has 0 spiro atoms. The zero-order chi connectivity index (χ0) is 41.5. The Morgan fingerprint density at radius 2 is 1.49 bits per heavy atom. The number of carbonyl (C=O) groups is 5. The molecule has 57 heavy (non-hydrogen) atoms. The number of fused-ring (bicyclic) bond motifs is 6. The van der Waals surface area contributed by atoms with Gasteiger partial charge < -0.3 is 44.7 Å². The lowest BCUT2D eigenvalue weighted by Gasteiger charge is -2.67. The number of hydrogen-bond acceptors (Lipinski definition) is 13. The zero-order valence-corrected chi connectivity index (χ0v) is 33.7. The number of Topliss-reactive ketones (excluding diaryl/α,β-unsaturated/α-hetero) is 1. The third kappa shape index (κ3) is 7.56. The van der Waals surface area contributed by atoms with Crippen LogP contribution in [0.3, 0.4) is 0 Å². The first-order chi connectivity index (χ1) is 26.9. The number of ether oxygens (including phenoxy) is 4. The predicted octanol–water partition coefficient (Wildman–Crippen LogP) is 3.45. The summed E-state index contributed by atoms with van der Waals surface area (Å²) < 4.78 is 24.2. The molecular formula is C43H59NO13. The van der Waals surface area contributed by atoms with E-state index in [0.717, 1.165) is 38.5 Å². The predicted molar refractivity (Wildman–Crippen MR) is 203 cm³/mol. The molecule has 14 heteroatoms. The van der Waals surface area contributed by atoms with Crippen molar-refractivity contribution in [1.82, 2.24) is 5.32 Å². The van der Waals surface area contributed by atoms with Gasteiger partial charge in [0.1, 0.15) is 30.0 Å². The maximum atomic E-state index is 14.9. The van der Waals surface area contributed by atoms with Crippen LogP contribution in [0.4, 0.5) is 0 Å². The molecule has 1 amide bonds. The van der Waals surface area contributed by atoms with Crippen molar-refractivity contribution < 1.29 is 63.3 Å². The van der Waals surface area contributed by atoms with E-state index >= 15 is 0 Å². The first-order valence-corrected chi connectivity index (χ1v) is 20.5. The van der Waals surface area contributed by atoms with Crippen LogP contribution in [0.15, 0.2) is 41.5 Å². The molecule has 11 atom stereocenters. The van der Waals surface area contributed by atoms with Crippen molar-refractivity contribution in [2.45, 2.75) is 166 Å². The highest BCUT2D eigenvalue weighted by atomic mass is 16.6. The number of esters is 3. The molecule has 5 N–H and O–H groups in total. The van der Waals surface area contributed by atoms with Gasteiger partial charge >= 0.3 is 17.9 Å². The normalized spacial score (nSPS) is 39.6. The summed E-state index contributed by atoms with van der Waals surface area (Å²) in [6, 6.07) is 7.30. The van der Waals surface area contributed by atoms with Crippen molar-refractivity contribution >= 4 is 29.6 Å². The van der Waals surface area contributed by atoms with Gasteiger partial charge in [-0.1, -0.05) is 82.7 Å². The number of rotatable bonds is 2. The molecule has 0 radical (unpaired) electrons. The molecule has 2 aliphatic heterocycles. The van der Waals surface area contributed by atoms with Gasteiger partial charge in [0.25, 0.3) is 0 Å². The number of hydrogen-bond donors (Lipinski definition) is 5. The Morgan fingerprint density at radius 1 is 0.877 bits per heavy atom. The fourth-order valence-electron chi connectivity index (χ4n) is 10.4. The highest BCUT2D eigenvalue weighted by molar-refractivity contribution is 5.93. The Labute approximate surface area is 333 Å². The molecule has 0 aromatic heterocycles. The Balaban J connectivity index is 1.49. The molecule has 2 heterocycles. The van der Waals surface area contributed by atoms with E-state index in [-0.39, 0.29) is 42.9 Å². The molecule has 6 rings (SSSR count). The first kappa shape index (κ1) is 42.9. The second-order valence-electron chi connectivity index (χ2n) is 17.5. The SMILES string of the molecule is CC(=O)O[C@@]12CO[C@@H]1C[C@H](O)[C@@]1(C)C(=O)[C@H](O)C3=C(C)[C@@H]4C[C@@](O)([C@@H](OC(=O)CCCCCCCCCCC(=O)N[C@@H](c5ccccc5)[C@@H](O)C(=O)O4)[C@H]21)C3(C)C. The molecule has 1 aromatic carbocycles. The standard InChI is InChI=1S/C43H59NO13/c1-24-27-22-43(53)38(36-41(5,37(51)34(49)32(24)40(43,3)4)28(46)21-29-42(36,23-54-29)57-25(2)45)56-31(48)20-16-11-9-7-6-8-10-15-19-30(47)44-33(35(50)39(52)55-27)26-17-13-12-14-18-26/h12-14,17-18,27-29,33-36,38,46,49-50,53H,6-11,15-16,19-23H2,1-5H3,(H,44,47)/t27-,28-,29+,33-,34+,35+,36-,38-,41+,42-,43+/m0/s1. The van der Waals surface area contributed by atoms with E-state index in [1.165, 1.54) is 13.8 Å². The van der Waals surface area contributed by atoms with Crippen molar-refractivity contribution in [1.29, 1.82) is 0 Å². The van der Waals surface area contributed by atoms with Gasteiger partial charge in [0.2, 0.25) is 5.91 Å². The van der Waals surface area contributed by atoms with Gasteiger partial charge in [0, 0.05) is 38.0 Å². The summed E-state index contributed by atoms with van der Waals surface area (Å²) in [7, 11) is 0. The summed E-state index contributed by atoms with van der Waals surface area (Å²) in [5.41, 5.74) is -6.75. The van der Waals surface area contributed by atoms with Crippen molar-refractivity contribution in [3.8, 4) is 0 Å². The number of ketones is 1. The van der Waals surface area contributed by atoms with Crippen LogP contribution in [0.1, 0.15) is 123 Å². The van der Waals surface area contributed by atoms with Gasteiger partial charge in [-0.15, -0.1) is 0 Å². The molecule has 2 saturated carbocycles. The summed E-state index contributed by atoms with van der Waals surface area (Å²) in [5.74, 6) is -5.20. The summed E-state index contributed by atoms with van der Waals surface area (Å²) in [6.07, 6.45) is -3.51. The Kier molecular flexibility index (Phi) is 12.4. The summed E-state index contributed by atoms with van der Waals surface area (Å²) >= 11 is 0. The summed E-state index contributed by atoms with van der Waals surface area (Å²) in [6.45, 7) is 7.12. The molecule has 4 fully saturated rings. The minimum atomic E-state index is -2.25. The van der Waals surface area contributed by atoms with E-state index in [4.69, 9.17) is 18.9 Å². The Morgan fingerprint density at radius 3 is 2.09 bits per heavy atom. The van der Waals surface area contributed by atoms with Gasteiger partial charge in [0.15, 0.2) is 17.5 Å². The number of nitrogens with one attached hydrogen (secondary N) is 1. The van der Waals surface area contributed by atoms with Gasteiger partial charge in [-0.2, -0.15) is 0 Å². The Bertz CT molecular complexity index is 1740. The molecule has 0 unspecified atom stereocenters. The van der Waals surface area contributed by atoms with Gasteiger partial charge in [0.05, 0.1) is 30.1 Å². The number of carbonyl (C=O) groups excluding carboxylic acids is 5. The maximum absolute atomic E-state index is 14.9. The van der Waals surface area contributed by atoms with Crippen LogP contribution < -0.4 is 5.32 Å². The van der Waals surface area contributed by atoms with E-state index in [1.54, 1.807) is 51.1 Å². The molecule has 2 saturated heterocycles. The van der Waals surface area contributed by atoms with E-state index in [2.05, 4.69) is 5.32 Å². The van der Waals surface area contributed by atoms with Crippen molar-refractivity contribution in [3.05, 3.63) is 47.0 Å². The van der Waals surface area contributed by atoms with Crippen LogP contribution in [-0.2, 0) is 42.9 Å². The average molecular weight is 798 g/mol. The number of benzene rings is 1. The van der Waals surface area contributed by atoms with Crippen LogP contribution >= 0.6 is 0 Å². The molecule has 3 aliphatic carbocycles. The third-order valence-electron chi connectivity index (χ3n) is 13.8. The summed E-state index contributed by atoms with van der Waals surface area (Å²) in [4.78, 5) is 69.0. The second kappa shape index (κ2) is 16.5. The lowest BCUT2D eigenvalue weighted by molar-refractivity contribution is -0.347. The minimum Gasteiger partial charge on any atom is -0.459 e. The number of aliphatic hydroxyl groups excluding tert-OH is 3. The second-order valence-corrected chi connectivity index (χ2v) is 17.5. The Hall–Kier alpha value is -3.69. The summed E-state index contributed by atoms with van der Waals surface area (Å²) in [5, 5.41) is 51.8. The highest BCUT2D eigenvalue weighted by Gasteiger charge is 2.78. The largest absolute Gasteiger partial charge is 0.459 e. The average Bonchev–Trinajstić information content (AvgIpc) is 3.15. The smallest absolute Gasteiger partial charge is 0.338 e. The minimum absolute atomic E-state index is 0.00245. The lowest BCUT2D eigenvalue weighted by Crippen LogP contribution is -2.81. The molecule has 5 aliphatic rings. The number of aliphatic hydroxyl groups is 4. The number of amides is 1. The zero-order valence-electron chi connectivity index (χ0n) is 33.7. The highest BCUT2D eigenvalue weighted by Crippen LogP contribution is 2.64. The fraction of sp³-hybridized carbons (Fsp3) is 0.698. The fourth-order valence-corrected chi connectivity index (χ4v) is 10.4. The van der Waals surface area contributed by atoms with E-state index in [9.17, 15) is 44.4 Å². The molecular weight excluding hydrogens is 738 g/mol. The molecule has 14 nitrogen and oxygen atoms in total. The maximum Gasteiger partial charge on any atom is 0.338 e. The van der Waals surface area contributed by atoms with Crippen molar-refractivity contribution in [3.63, 3.8) is 0 Å². The monoisotopic (exact) mass is 797 g/mol. The van der Waals surface area contributed by atoms with Gasteiger partial charge in [-0.3, -0.25) is 19.2 Å². The third-order valence-corrected chi connectivity index (χ3v) is 13.8. The molecule has 1 aromatic rings. The van der Waals surface area contributed by atoms with E-state index in [1.807, 2.05) is 0 Å². The quantitative estimate of drug-likeness (QED) is 0.165. The van der Waals surface area contributed by atoms with Crippen LogP contribution in [0, 0.1) is 16.7 Å². The van der Waals surface area contributed by atoms with Crippen LogP contribution in [0.2, 0.25) is 0 Å². The van der Waals surface area contributed by atoms with Crippen molar-refractivity contribution in [2.24, 2.45) is 16.7 Å². The van der Waals surface area contributed by atoms with Crippen molar-refractivity contribution in [2.75, 3.05) is 6.61 Å². The van der Waals surface area contributed by atoms with Crippen LogP contribution in [0.25, 0.3) is 0 Å². The topological polar surface area (TPSA) is 215 Å². The van der Waals surface area contributed by atoms with E-state index < -0.39 is 101 Å². The van der Waals surface area contributed by atoms with Crippen LogP contribution in [-0.4, -0.2) is 104 Å². The molecule has 3 bridgehead atoms.